The largest absolute Gasteiger partial charge is 0.495 e. The van der Waals surface area contributed by atoms with E-state index in [1.165, 1.54) is 7.11 Å². The maximum atomic E-state index is 10.6. The normalized spacial score (nSPS) is 10.2. The zero-order valence-electron chi connectivity index (χ0n) is 9.83. The molecule has 0 aliphatic heterocycles. The number of nitro groups is 1. The molecule has 0 amide bonds. The number of ether oxygens (including phenoxy) is 1. The van der Waals surface area contributed by atoms with E-state index in [9.17, 15) is 10.1 Å². The van der Waals surface area contributed by atoms with Crippen LogP contribution >= 0.6 is 11.6 Å². The summed E-state index contributed by atoms with van der Waals surface area (Å²) in [5.41, 5.74) is 5.76. The Morgan fingerprint density at radius 1 is 1.47 bits per heavy atom. The van der Waals surface area contributed by atoms with E-state index < -0.39 is 4.92 Å². The van der Waals surface area contributed by atoms with Crippen LogP contribution < -0.4 is 10.5 Å². The fraction of sp³-hybridized carbons (Fsp3) is 0.0909. The summed E-state index contributed by atoms with van der Waals surface area (Å²) in [4.78, 5) is 17.8. The van der Waals surface area contributed by atoms with Gasteiger partial charge in [0.05, 0.1) is 17.1 Å². The molecule has 0 aliphatic rings. The van der Waals surface area contributed by atoms with Gasteiger partial charge >= 0.3 is 5.69 Å². The number of nitrogens with zero attached hydrogens (tertiary/aromatic N) is 3. The van der Waals surface area contributed by atoms with E-state index in [0.717, 1.165) is 6.20 Å². The Hall–Kier alpha value is -2.41. The van der Waals surface area contributed by atoms with Crippen LogP contribution in [0.1, 0.15) is 0 Å². The lowest BCUT2D eigenvalue weighted by atomic mass is 10.2. The molecule has 0 unspecified atom stereocenters. The third-order valence-electron chi connectivity index (χ3n) is 2.40. The number of nitrogens with two attached hydrogens (primary N) is 1. The predicted molar refractivity (Wildman–Crippen MR) is 70.1 cm³/mol. The topological polar surface area (TPSA) is 104 Å². The summed E-state index contributed by atoms with van der Waals surface area (Å²) >= 11 is 5.98. The van der Waals surface area contributed by atoms with Crippen molar-refractivity contribution in [2.45, 2.75) is 0 Å². The molecule has 0 bridgehead atoms. The van der Waals surface area contributed by atoms with Gasteiger partial charge in [-0.05, 0) is 18.2 Å². The Morgan fingerprint density at radius 2 is 2.21 bits per heavy atom. The van der Waals surface area contributed by atoms with Crippen molar-refractivity contribution < 1.29 is 9.66 Å². The zero-order chi connectivity index (χ0) is 14.0. The molecule has 0 fully saturated rings. The van der Waals surface area contributed by atoms with Crippen molar-refractivity contribution in [2.75, 3.05) is 12.8 Å². The fourth-order valence-corrected chi connectivity index (χ4v) is 1.73. The fourth-order valence-electron chi connectivity index (χ4n) is 1.47. The van der Waals surface area contributed by atoms with Crippen LogP contribution in [0.25, 0.3) is 11.4 Å². The molecule has 0 saturated heterocycles. The van der Waals surface area contributed by atoms with Gasteiger partial charge in [-0.1, -0.05) is 11.6 Å². The van der Waals surface area contributed by atoms with Gasteiger partial charge in [-0.25, -0.2) is 9.97 Å². The summed E-state index contributed by atoms with van der Waals surface area (Å²) in [5, 5.41) is 11.0. The summed E-state index contributed by atoms with van der Waals surface area (Å²) in [5.74, 6) is 0.579. The van der Waals surface area contributed by atoms with Gasteiger partial charge in [0.1, 0.15) is 11.9 Å². The highest BCUT2D eigenvalue weighted by atomic mass is 35.5. The number of halogens is 1. The van der Waals surface area contributed by atoms with Crippen LogP contribution in [0.2, 0.25) is 5.02 Å². The van der Waals surface area contributed by atoms with E-state index in [0.29, 0.717) is 16.3 Å². The Kier molecular flexibility index (Phi) is 3.48. The van der Waals surface area contributed by atoms with Gasteiger partial charge < -0.3 is 10.5 Å². The Balaban J connectivity index is 2.45. The molecular formula is C11H9ClN4O3. The van der Waals surface area contributed by atoms with Gasteiger partial charge in [-0.2, -0.15) is 0 Å². The van der Waals surface area contributed by atoms with E-state index in [1.807, 2.05) is 0 Å². The number of methoxy groups -OCH3 is 1. The van der Waals surface area contributed by atoms with Gasteiger partial charge in [-0.3, -0.25) is 10.1 Å². The maximum Gasteiger partial charge on any atom is 0.329 e. The molecule has 1 aromatic heterocycles. The lowest BCUT2D eigenvalue weighted by Crippen LogP contribution is -2.01. The van der Waals surface area contributed by atoms with E-state index in [2.05, 4.69) is 9.97 Å². The molecule has 2 aromatic rings. The van der Waals surface area contributed by atoms with Crippen molar-refractivity contribution in [3.63, 3.8) is 0 Å². The van der Waals surface area contributed by atoms with Crippen LogP contribution in [-0.2, 0) is 0 Å². The third-order valence-corrected chi connectivity index (χ3v) is 2.70. The molecule has 2 rings (SSSR count). The number of nitrogen functional groups attached to an aromatic ring is 1. The van der Waals surface area contributed by atoms with Crippen LogP contribution in [0.3, 0.4) is 0 Å². The summed E-state index contributed by atoms with van der Waals surface area (Å²) in [6, 6.07) is 4.94. The minimum Gasteiger partial charge on any atom is -0.495 e. The van der Waals surface area contributed by atoms with Crippen LogP contribution in [0.4, 0.5) is 11.5 Å². The molecule has 0 spiro atoms. The molecule has 0 atom stereocenters. The number of anilines is 1. The lowest BCUT2D eigenvalue weighted by molar-refractivity contribution is -0.384. The van der Waals surface area contributed by atoms with Crippen molar-refractivity contribution in [1.29, 1.82) is 0 Å². The summed E-state index contributed by atoms with van der Waals surface area (Å²) in [6.07, 6.45) is 1.07. The molecule has 98 valence electrons. The number of hydrogen-bond donors (Lipinski definition) is 1. The molecule has 1 aromatic carbocycles. The van der Waals surface area contributed by atoms with Gasteiger partial charge in [0.25, 0.3) is 0 Å². The van der Waals surface area contributed by atoms with E-state index in [-0.39, 0.29) is 17.3 Å². The standard InChI is InChI=1S/C11H9ClN4O3/c1-19-9-3-2-6(4-7(9)12)11-14-5-8(16(17)18)10(13)15-11/h2-5H,1H3,(H2,13,14,15). The SMILES string of the molecule is COc1ccc(-c2ncc([N+](=O)[O-])c(N)n2)cc1Cl. The quantitative estimate of drug-likeness (QED) is 0.683. The Bertz CT molecular complexity index is 648. The van der Waals surface area contributed by atoms with Gasteiger partial charge in [-0.15, -0.1) is 0 Å². The highest BCUT2D eigenvalue weighted by molar-refractivity contribution is 6.32. The second-order valence-electron chi connectivity index (χ2n) is 3.57. The van der Waals surface area contributed by atoms with Crippen molar-refractivity contribution in [3.8, 4) is 17.1 Å². The number of benzene rings is 1. The number of rotatable bonds is 3. The highest BCUT2D eigenvalue weighted by Crippen LogP contribution is 2.29. The molecule has 2 N–H and O–H groups in total. The van der Waals surface area contributed by atoms with Crippen molar-refractivity contribution in [3.05, 3.63) is 39.5 Å². The molecule has 0 saturated carbocycles. The van der Waals surface area contributed by atoms with Crippen LogP contribution in [0, 0.1) is 10.1 Å². The monoisotopic (exact) mass is 280 g/mol. The Morgan fingerprint density at radius 3 is 2.74 bits per heavy atom. The summed E-state index contributed by atoms with van der Waals surface area (Å²) in [7, 11) is 1.50. The van der Waals surface area contributed by atoms with E-state index >= 15 is 0 Å². The molecule has 0 aliphatic carbocycles. The van der Waals surface area contributed by atoms with E-state index in [1.54, 1.807) is 18.2 Å². The molecule has 8 heteroatoms. The predicted octanol–water partition coefficient (Wildman–Crippen LogP) is 2.30. The van der Waals surface area contributed by atoms with Gasteiger partial charge in [0, 0.05) is 5.56 Å². The second kappa shape index (κ2) is 5.07. The molecule has 19 heavy (non-hydrogen) atoms. The lowest BCUT2D eigenvalue weighted by Gasteiger charge is -2.05. The van der Waals surface area contributed by atoms with Crippen LogP contribution in [0.15, 0.2) is 24.4 Å². The third kappa shape index (κ3) is 2.55. The Labute approximate surface area is 113 Å². The average molecular weight is 281 g/mol. The summed E-state index contributed by atoms with van der Waals surface area (Å²) < 4.78 is 5.02. The first-order valence-corrected chi connectivity index (χ1v) is 5.51. The number of hydrogen-bond acceptors (Lipinski definition) is 6. The number of aromatic nitrogens is 2. The maximum absolute atomic E-state index is 10.6. The molecule has 0 radical (unpaired) electrons. The first-order chi connectivity index (χ1) is 9.02. The van der Waals surface area contributed by atoms with Crippen LogP contribution in [0.5, 0.6) is 5.75 Å². The van der Waals surface area contributed by atoms with Gasteiger partial charge in [0.2, 0.25) is 5.82 Å². The zero-order valence-corrected chi connectivity index (χ0v) is 10.6. The first kappa shape index (κ1) is 13.0. The average Bonchev–Trinajstić information content (AvgIpc) is 2.38. The summed E-state index contributed by atoms with van der Waals surface area (Å²) in [6.45, 7) is 0. The highest BCUT2D eigenvalue weighted by Gasteiger charge is 2.15. The van der Waals surface area contributed by atoms with Crippen LogP contribution in [-0.4, -0.2) is 22.0 Å². The smallest absolute Gasteiger partial charge is 0.329 e. The van der Waals surface area contributed by atoms with E-state index in [4.69, 9.17) is 22.1 Å². The van der Waals surface area contributed by atoms with Crippen molar-refractivity contribution >= 4 is 23.1 Å². The second-order valence-corrected chi connectivity index (χ2v) is 3.98. The van der Waals surface area contributed by atoms with Gasteiger partial charge in [0.15, 0.2) is 5.82 Å². The van der Waals surface area contributed by atoms with Crippen molar-refractivity contribution in [1.82, 2.24) is 9.97 Å². The molecular weight excluding hydrogens is 272 g/mol. The minimum absolute atomic E-state index is 0.193. The minimum atomic E-state index is -0.639. The molecule has 7 nitrogen and oxygen atoms in total. The van der Waals surface area contributed by atoms with Crippen molar-refractivity contribution in [2.24, 2.45) is 0 Å². The first-order valence-electron chi connectivity index (χ1n) is 5.13. The molecule has 1 heterocycles.